The van der Waals surface area contributed by atoms with Gasteiger partial charge in [0.05, 0.1) is 23.0 Å². The van der Waals surface area contributed by atoms with Crippen molar-refractivity contribution in [1.29, 1.82) is 0 Å². The summed E-state index contributed by atoms with van der Waals surface area (Å²) in [5.74, 6) is -0.337. The van der Waals surface area contributed by atoms with E-state index in [0.717, 1.165) is 23.4 Å². The zero-order chi connectivity index (χ0) is 15.0. The average Bonchev–Trinajstić information content (AvgIpc) is 2.46. The van der Waals surface area contributed by atoms with E-state index >= 15 is 0 Å². The van der Waals surface area contributed by atoms with Crippen LogP contribution in [0.2, 0.25) is 0 Å². The second kappa shape index (κ2) is 4.95. The van der Waals surface area contributed by atoms with E-state index in [1.54, 1.807) is 6.07 Å². The smallest absolute Gasteiger partial charge is 0.381 e. The van der Waals surface area contributed by atoms with Gasteiger partial charge in [-0.25, -0.2) is 4.39 Å². The lowest BCUT2D eigenvalue weighted by Gasteiger charge is -2.29. The number of alkyl halides is 3. The minimum absolute atomic E-state index is 0.162. The molecule has 1 aliphatic rings. The summed E-state index contributed by atoms with van der Waals surface area (Å²) in [6.45, 7) is 0.474. The Hall–Kier alpha value is -2.24. The lowest BCUT2D eigenvalue weighted by atomic mass is 10.0. The van der Waals surface area contributed by atoms with Crippen molar-refractivity contribution in [3.8, 4) is 0 Å². The van der Waals surface area contributed by atoms with Gasteiger partial charge in [0, 0.05) is 6.54 Å². The molecule has 6 heteroatoms. The van der Waals surface area contributed by atoms with Crippen LogP contribution >= 0.6 is 0 Å². The molecule has 2 aromatic rings. The molecule has 3 rings (SSSR count). The normalized spacial score (nSPS) is 17.6. The number of benzene rings is 2. The summed E-state index contributed by atoms with van der Waals surface area (Å²) in [6, 6.07) is 9.20. The zero-order valence-corrected chi connectivity index (χ0v) is 10.8. The first kappa shape index (κ1) is 13.7. The van der Waals surface area contributed by atoms with Crippen LogP contribution < -0.4 is 10.6 Å². The summed E-state index contributed by atoms with van der Waals surface area (Å²) < 4.78 is 50.7. The molecule has 2 aromatic carbocycles. The van der Waals surface area contributed by atoms with E-state index in [4.69, 9.17) is 0 Å². The average molecular weight is 296 g/mol. The highest BCUT2D eigenvalue weighted by Crippen LogP contribution is 2.34. The van der Waals surface area contributed by atoms with E-state index in [2.05, 4.69) is 10.6 Å². The molecule has 0 bridgehead atoms. The van der Waals surface area contributed by atoms with Crippen LogP contribution in [0.1, 0.15) is 17.2 Å². The Morgan fingerprint density at radius 3 is 2.33 bits per heavy atom. The SMILES string of the molecule is Fc1ccc2c(c1)NCC(c1ccc(C(F)(F)F)cc1)N2. The van der Waals surface area contributed by atoms with Crippen LogP contribution in [-0.4, -0.2) is 6.54 Å². The van der Waals surface area contributed by atoms with Gasteiger partial charge in [0.2, 0.25) is 0 Å². The van der Waals surface area contributed by atoms with E-state index in [1.807, 2.05) is 0 Å². The fourth-order valence-corrected chi connectivity index (χ4v) is 2.34. The Morgan fingerprint density at radius 2 is 1.67 bits per heavy atom. The van der Waals surface area contributed by atoms with Crippen molar-refractivity contribution in [2.75, 3.05) is 17.2 Å². The summed E-state index contributed by atoms with van der Waals surface area (Å²) in [6.07, 6.45) is -4.33. The molecule has 0 saturated heterocycles. The fourth-order valence-electron chi connectivity index (χ4n) is 2.34. The van der Waals surface area contributed by atoms with Crippen LogP contribution in [-0.2, 0) is 6.18 Å². The van der Waals surface area contributed by atoms with Gasteiger partial charge in [0.15, 0.2) is 0 Å². The van der Waals surface area contributed by atoms with Crippen LogP contribution in [0.15, 0.2) is 42.5 Å². The molecule has 1 atom stereocenters. The number of hydrogen-bond donors (Lipinski definition) is 2. The van der Waals surface area contributed by atoms with Gasteiger partial charge in [0.25, 0.3) is 0 Å². The van der Waals surface area contributed by atoms with Crippen molar-refractivity contribution in [3.63, 3.8) is 0 Å². The summed E-state index contributed by atoms with van der Waals surface area (Å²) in [5, 5.41) is 6.26. The maximum absolute atomic E-state index is 13.1. The molecule has 0 radical (unpaired) electrons. The number of hydrogen-bond acceptors (Lipinski definition) is 2. The summed E-state index contributed by atoms with van der Waals surface area (Å²) in [5.41, 5.74) is 1.45. The third-order valence-electron chi connectivity index (χ3n) is 3.45. The predicted molar refractivity (Wildman–Crippen MR) is 72.7 cm³/mol. The zero-order valence-electron chi connectivity index (χ0n) is 10.8. The van der Waals surface area contributed by atoms with Crippen molar-refractivity contribution in [3.05, 3.63) is 59.4 Å². The highest BCUT2D eigenvalue weighted by molar-refractivity contribution is 5.71. The van der Waals surface area contributed by atoms with Crippen molar-refractivity contribution in [2.45, 2.75) is 12.2 Å². The molecule has 1 heterocycles. The number of nitrogens with one attached hydrogen (secondary N) is 2. The first-order chi connectivity index (χ1) is 9.93. The number of anilines is 2. The lowest BCUT2D eigenvalue weighted by Crippen LogP contribution is -2.26. The second-order valence-corrected chi connectivity index (χ2v) is 4.89. The van der Waals surface area contributed by atoms with Gasteiger partial charge in [-0.05, 0) is 35.9 Å². The Kier molecular flexibility index (Phi) is 3.23. The van der Waals surface area contributed by atoms with Crippen LogP contribution in [0.4, 0.5) is 28.9 Å². The van der Waals surface area contributed by atoms with Crippen LogP contribution in [0.5, 0.6) is 0 Å². The van der Waals surface area contributed by atoms with Gasteiger partial charge in [-0.1, -0.05) is 12.1 Å². The molecule has 110 valence electrons. The molecule has 2 nitrogen and oxygen atoms in total. The van der Waals surface area contributed by atoms with Crippen molar-refractivity contribution >= 4 is 11.4 Å². The Bertz CT molecular complexity index is 650. The first-order valence-corrected chi connectivity index (χ1v) is 6.40. The number of rotatable bonds is 1. The number of fused-ring (bicyclic) bond motifs is 1. The predicted octanol–water partition coefficient (Wildman–Crippen LogP) is 4.42. The molecule has 0 spiro atoms. The lowest BCUT2D eigenvalue weighted by molar-refractivity contribution is -0.137. The molecular formula is C15H12F4N2. The van der Waals surface area contributed by atoms with Gasteiger partial charge in [-0.3, -0.25) is 0 Å². The van der Waals surface area contributed by atoms with Crippen molar-refractivity contribution < 1.29 is 17.6 Å². The van der Waals surface area contributed by atoms with E-state index in [9.17, 15) is 17.6 Å². The third-order valence-corrected chi connectivity index (χ3v) is 3.45. The largest absolute Gasteiger partial charge is 0.416 e. The van der Waals surface area contributed by atoms with E-state index in [1.165, 1.54) is 24.3 Å². The van der Waals surface area contributed by atoms with Gasteiger partial charge in [-0.2, -0.15) is 13.2 Å². The third kappa shape index (κ3) is 2.79. The Labute approximate surface area is 118 Å². The first-order valence-electron chi connectivity index (χ1n) is 6.40. The monoisotopic (exact) mass is 296 g/mol. The minimum atomic E-state index is -4.33. The molecule has 1 unspecified atom stereocenters. The topological polar surface area (TPSA) is 24.1 Å². The number of halogens is 4. The summed E-state index contributed by atoms with van der Waals surface area (Å²) in [7, 11) is 0. The molecule has 0 aromatic heterocycles. The fraction of sp³-hybridized carbons (Fsp3) is 0.200. The molecule has 0 aliphatic carbocycles. The van der Waals surface area contributed by atoms with Crippen molar-refractivity contribution in [2.24, 2.45) is 0 Å². The Morgan fingerprint density at radius 1 is 0.952 bits per heavy atom. The maximum atomic E-state index is 13.1. The van der Waals surface area contributed by atoms with Crippen LogP contribution in [0.3, 0.4) is 0 Å². The highest BCUT2D eigenvalue weighted by Gasteiger charge is 2.30. The van der Waals surface area contributed by atoms with Gasteiger partial charge < -0.3 is 10.6 Å². The highest BCUT2D eigenvalue weighted by atomic mass is 19.4. The maximum Gasteiger partial charge on any atom is 0.416 e. The molecule has 0 fully saturated rings. The molecule has 0 amide bonds. The molecule has 21 heavy (non-hydrogen) atoms. The van der Waals surface area contributed by atoms with Crippen LogP contribution in [0.25, 0.3) is 0 Å². The Balaban J connectivity index is 1.81. The molecular weight excluding hydrogens is 284 g/mol. The van der Waals surface area contributed by atoms with Crippen molar-refractivity contribution in [1.82, 2.24) is 0 Å². The molecule has 0 saturated carbocycles. The van der Waals surface area contributed by atoms with Gasteiger partial charge in [0.1, 0.15) is 5.82 Å². The van der Waals surface area contributed by atoms with Gasteiger partial charge in [-0.15, -0.1) is 0 Å². The second-order valence-electron chi connectivity index (χ2n) is 4.89. The summed E-state index contributed by atoms with van der Waals surface area (Å²) >= 11 is 0. The molecule has 2 N–H and O–H groups in total. The van der Waals surface area contributed by atoms with E-state index in [-0.39, 0.29) is 11.9 Å². The standard InChI is InChI=1S/C15H12F4N2/c16-11-5-6-12-13(7-11)20-8-14(21-12)9-1-3-10(4-2-9)15(17,18)19/h1-7,14,20-21H,8H2. The van der Waals surface area contributed by atoms with E-state index in [0.29, 0.717) is 12.2 Å². The molecule has 1 aliphatic heterocycles. The van der Waals surface area contributed by atoms with E-state index < -0.39 is 11.7 Å². The van der Waals surface area contributed by atoms with Crippen LogP contribution in [0, 0.1) is 5.82 Å². The minimum Gasteiger partial charge on any atom is -0.381 e. The van der Waals surface area contributed by atoms with Gasteiger partial charge >= 0.3 is 6.18 Å². The quantitative estimate of drug-likeness (QED) is 0.761. The summed E-state index contributed by atoms with van der Waals surface area (Å²) in [4.78, 5) is 0.